The largest absolute Gasteiger partial charge is 0.377 e. The van der Waals surface area contributed by atoms with Crippen LogP contribution in [-0.2, 0) is 4.74 Å². The highest BCUT2D eigenvalue weighted by molar-refractivity contribution is 5.04. The zero-order chi connectivity index (χ0) is 14.1. The molecule has 0 aromatic carbocycles. The molecule has 2 heterocycles. The topological polar surface area (TPSA) is 24.5 Å². The second kappa shape index (κ2) is 5.94. The average molecular weight is 280 g/mol. The third-order valence-corrected chi connectivity index (χ3v) is 6.12. The Hall–Kier alpha value is -0.120. The van der Waals surface area contributed by atoms with Crippen molar-refractivity contribution < 1.29 is 4.74 Å². The standard InChI is InChI=1S/C17H32N2O/c1-3-16(2)13-18-17(9-5-4-6-10-17)14-19(16)12-15-8-7-11-20-15/h15,18H,3-14H2,1-2H3. The van der Waals surface area contributed by atoms with Gasteiger partial charge in [-0.05, 0) is 39.0 Å². The molecule has 3 fully saturated rings. The first kappa shape index (κ1) is 14.8. The van der Waals surface area contributed by atoms with Gasteiger partial charge in [-0.3, -0.25) is 4.90 Å². The van der Waals surface area contributed by atoms with E-state index in [1.54, 1.807) is 0 Å². The summed E-state index contributed by atoms with van der Waals surface area (Å²) in [6.07, 6.45) is 11.2. The van der Waals surface area contributed by atoms with Crippen LogP contribution in [0.5, 0.6) is 0 Å². The molecule has 3 nitrogen and oxygen atoms in total. The summed E-state index contributed by atoms with van der Waals surface area (Å²) in [6.45, 7) is 9.28. The van der Waals surface area contributed by atoms with Crippen LogP contribution >= 0.6 is 0 Å². The van der Waals surface area contributed by atoms with Gasteiger partial charge in [0.15, 0.2) is 0 Å². The summed E-state index contributed by atoms with van der Waals surface area (Å²) in [5.74, 6) is 0. The molecule has 1 saturated carbocycles. The summed E-state index contributed by atoms with van der Waals surface area (Å²) in [7, 11) is 0. The molecule has 2 saturated heterocycles. The van der Waals surface area contributed by atoms with Gasteiger partial charge in [0.05, 0.1) is 6.10 Å². The van der Waals surface area contributed by atoms with E-state index in [0.717, 1.165) is 19.7 Å². The van der Waals surface area contributed by atoms with Crippen LogP contribution in [0.1, 0.15) is 65.2 Å². The van der Waals surface area contributed by atoms with Gasteiger partial charge in [-0.1, -0.05) is 26.2 Å². The normalized spacial score (nSPS) is 38.4. The minimum absolute atomic E-state index is 0.314. The van der Waals surface area contributed by atoms with Crippen molar-refractivity contribution in [2.24, 2.45) is 0 Å². The molecule has 20 heavy (non-hydrogen) atoms. The Morgan fingerprint density at radius 2 is 2.00 bits per heavy atom. The first-order valence-electron chi connectivity index (χ1n) is 8.78. The molecule has 0 amide bonds. The predicted molar refractivity (Wildman–Crippen MR) is 83.1 cm³/mol. The average Bonchev–Trinajstić information content (AvgIpc) is 2.97. The van der Waals surface area contributed by atoms with Crippen molar-refractivity contribution in [1.82, 2.24) is 10.2 Å². The number of rotatable bonds is 3. The summed E-state index contributed by atoms with van der Waals surface area (Å²) in [4.78, 5) is 2.77. The maximum absolute atomic E-state index is 5.91. The lowest BCUT2D eigenvalue weighted by molar-refractivity contribution is -0.0328. The Balaban J connectivity index is 1.70. The molecule has 1 aliphatic carbocycles. The smallest absolute Gasteiger partial charge is 0.0703 e. The quantitative estimate of drug-likeness (QED) is 0.860. The van der Waals surface area contributed by atoms with E-state index in [1.807, 2.05) is 0 Å². The molecule has 116 valence electrons. The number of hydrogen-bond donors (Lipinski definition) is 1. The van der Waals surface area contributed by atoms with Gasteiger partial charge in [0.25, 0.3) is 0 Å². The first-order chi connectivity index (χ1) is 9.66. The van der Waals surface area contributed by atoms with Crippen LogP contribution in [0.25, 0.3) is 0 Å². The minimum Gasteiger partial charge on any atom is -0.377 e. The highest BCUT2D eigenvalue weighted by atomic mass is 16.5. The van der Waals surface area contributed by atoms with Gasteiger partial charge >= 0.3 is 0 Å². The van der Waals surface area contributed by atoms with Gasteiger partial charge in [-0.15, -0.1) is 0 Å². The maximum Gasteiger partial charge on any atom is 0.0703 e. The number of nitrogens with zero attached hydrogens (tertiary/aromatic N) is 1. The lowest BCUT2D eigenvalue weighted by Gasteiger charge is -2.55. The summed E-state index contributed by atoms with van der Waals surface area (Å²) < 4.78 is 5.91. The molecule has 1 N–H and O–H groups in total. The molecule has 0 radical (unpaired) electrons. The third-order valence-electron chi connectivity index (χ3n) is 6.12. The van der Waals surface area contributed by atoms with Gasteiger partial charge in [-0.25, -0.2) is 0 Å². The van der Waals surface area contributed by atoms with Crippen LogP contribution in [-0.4, -0.2) is 48.3 Å². The Morgan fingerprint density at radius 1 is 1.20 bits per heavy atom. The van der Waals surface area contributed by atoms with Gasteiger partial charge in [0.1, 0.15) is 0 Å². The lowest BCUT2D eigenvalue weighted by Crippen LogP contribution is -2.70. The van der Waals surface area contributed by atoms with Gasteiger partial charge in [0.2, 0.25) is 0 Å². The van der Waals surface area contributed by atoms with Crippen LogP contribution in [0, 0.1) is 0 Å². The van der Waals surface area contributed by atoms with E-state index in [2.05, 4.69) is 24.1 Å². The number of hydrogen-bond acceptors (Lipinski definition) is 3. The predicted octanol–water partition coefficient (Wildman–Crippen LogP) is 2.94. The summed E-state index contributed by atoms with van der Waals surface area (Å²) in [5, 5.41) is 3.95. The first-order valence-corrected chi connectivity index (χ1v) is 8.78. The van der Waals surface area contributed by atoms with Crippen molar-refractivity contribution >= 4 is 0 Å². The van der Waals surface area contributed by atoms with E-state index in [0.29, 0.717) is 17.2 Å². The maximum atomic E-state index is 5.91. The fraction of sp³-hybridized carbons (Fsp3) is 1.00. The van der Waals surface area contributed by atoms with Crippen molar-refractivity contribution in [2.75, 3.05) is 26.2 Å². The molecule has 3 rings (SSSR count). The van der Waals surface area contributed by atoms with Crippen LogP contribution in [0.3, 0.4) is 0 Å². The highest BCUT2D eigenvalue weighted by Crippen LogP contribution is 2.36. The molecule has 0 aromatic rings. The van der Waals surface area contributed by atoms with E-state index in [-0.39, 0.29) is 0 Å². The van der Waals surface area contributed by atoms with E-state index in [1.165, 1.54) is 57.9 Å². The molecular formula is C17H32N2O. The van der Waals surface area contributed by atoms with Crippen molar-refractivity contribution in [3.63, 3.8) is 0 Å². The fourth-order valence-electron chi connectivity index (χ4n) is 4.33. The summed E-state index contributed by atoms with van der Waals surface area (Å²) in [6, 6.07) is 0. The van der Waals surface area contributed by atoms with Gasteiger partial charge in [-0.2, -0.15) is 0 Å². The van der Waals surface area contributed by atoms with Crippen LogP contribution < -0.4 is 5.32 Å². The van der Waals surface area contributed by atoms with Crippen LogP contribution in [0.15, 0.2) is 0 Å². The number of nitrogens with one attached hydrogen (secondary N) is 1. The molecule has 0 aromatic heterocycles. The second-order valence-corrected chi connectivity index (χ2v) is 7.56. The molecule has 1 spiro atoms. The molecular weight excluding hydrogens is 248 g/mol. The van der Waals surface area contributed by atoms with E-state index < -0.39 is 0 Å². The second-order valence-electron chi connectivity index (χ2n) is 7.56. The molecule has 2 unspecified atom stereocenters. The van der Waals surface area contributed by atoms with Gasteiger partial charge in [0, 0.05) is 37.3 Å². The molecule has 2 atom stereocenters. The van der Waals surface area contributed by atoms with Crippen molar-refractivity contribution in [1.29, 1.82) is 0 Å². The van der Waals surface area contributed by atoms with Crippen molar-refractivity contribution in [3.8, 4) is 0 Å². The molecule has 0 bridgehead atoms. The summed E-state index contributed by atoms with van der Waals surface area (Å²) in [5.41, 5.74) is 0.722. The third kappa shape index (κ3) is 2.90. The Labute approximate surface area is 124 Å². The zero-order valence-corrected chi connectivity index (χ0v) is 13.4. The molecule has 3 aliphatic rings. The lowest BCUT2D eigenvalue weighted by atomic mass is 9.77. The Kier molecular flexibility index (Phi) is 4.40. The van der Waals surface area contributed by atoms with E-state index in [4.69, 9.17) is 4.74 Å². The van der Waals surface area contributed by atoms with Crippen molar-refractivity contribution in [3.05, 3.63) is 0 Å². The van der Waals surface area contributed by atoms with Crippen LogP contribution in [0.2, 0.25) is 0 Å². The SMILES string of the molecule is CCC1(C)CNC2(CCCCC2)CN1CC1CCCO1. The summed E-state index contributed by atoms with van der Waals surface area (Å²) >= 11 is 0. The Bertz CT molecular complexity index is 321. The number of piperazine rings is 1. The van der Waals surface area contributed by atoms with Gasteiger partial charge < -0.3 is 10.1 Å². The molecule has 3 heteroatoms. The zero-order valence-electron chi connectivity index (χ0n) is 13.4. The fourth-order valence-corrected chi connectivity index (χ4v) is 4.33. The molecule has 2 aliphatic heterocycles. The monoisotopic (exact) mass is 280 g/mol. The van der Waals surface area contributed by atoms with Crippen LogP contribution in [0.4, 0.5) is 0 Å². The highest BCUT2D eigenvalue weighted by Gasteiger charge is 2.45. The van der Waals surface area contributed by atoms with Crippen molar-refractivity contribution in [2.45, 2.75) is 82.4 Å². The minimum atomic E-state index is 0.314. The Morgan fingerprint density at radius 3 is 2.65 bits per heavy atom. The van der Waals surface area contributed by atoms with E-state index >= 15 is 0 Å². The van der Waals surface area contributed by atoms with E-state index in [9.17, 15) is 0 Å². The number of ether oxygens (including phenoxy) is 1.